The molecule has 0 saturated carbocycles. The van der Waals surface area contributed by atoms with Crippen LogP contribution >= 0.6 is 0 Å². The Bertz CT molecular complexity index is 774. The van der Waals surface area contributed by atoms with Crippen molar-refractivity contribution in [3.05, 3.63) is 41.9 Å². The SMILES string of the molecule is COc1cc(-n2nccn2)ccc1C=C(F)B1OC(C)(C)C(C)(C)O1. The molecule has 0 amide bonds. The summed E-state index contributed by atoms with van der Waals surface area (Å²) in [4.78, 5) is 1.46. The number of benzene rings is 1. The fraction of sp³-hybridized carbons (Fsp3) is 0.412. The van der Waals surface area contributed by atoms with Gasteiger partial charge in [-0.05, 0) is 45.9 Å². The lowest BCUT2D eigenvalue weighted by molar-refractivity contribution is 0.00578. The second-order valence-electron chi connectivity index (χ2n) is 6.86. The summed E-state index contributed by atoms with van der Waals surface area (Å²) < 4.78 is 31.5. The molecule has 8 heteroatoms. The zero-order chi connectivity index (χ0) is 18.2. The Morgan fingerprint density at radius 2 is 1.76 bits per heavy atom. The molecule has 0 spiro atoms. The summed E-state index contributed by atoms with van der Waals surface area (Å²) in [5, 5.41) is 8.14. The number of hydrogen-bond donors (Lipinski definition) is 0. The molecule has 0 atom stereocenters. The molecule has 2 aromatic rings. The van der Waals surface area contributed by atoms with Gasteiger partial charge in [-0.15, -0.1) is 0 Å². The lowest BCUT2D eigenvalue weighted by Gasteiger charge is -2.32. The highest BCUT2D eigenvalue weighted by Gasteiger charge is 2.53. The maximum atomic E-state index is 14.7. The maximum absolute atomic E-state index is 14.7. The molecule has 1 aliphatic rings. The van der Waals surface area contributed by atoms with Crippen molar-refractivity contribution in [1.82, 2.24) is 15.0 Å². The van der Waals surface area contributed by atoms with Gasteiger partial charge in [-0.3, -0.25) is 0 Å². The largest absolute Gasteiger partial charge is 0.525 e. The number of rotatable bonds is 4. The quantitative estimate of drug-likeness (QED) is 0.797. The molecule has 2 heterocycles. The van der Waals surface area contributed by atoms with E-state index < -0.39 is 24.0 Å². The second-order valence-corrected chi connectivity index (χ2v) is 6.86. The molecule has 1 saturated heterocycles. The Kier molecular flexibility index (Phi) is 4.42. The van der Waals surface area contributed by atoms with Crippen LogP contribution in [0.5, 0.6) is 5.75 Å². The highest BCUT2D eigenvalue weighted by atomic mass is 19.1. The molecular weight excluding hydrogens is 324 g/mol. The van der Waals surface area contributed by atoms with E-state index in [1.807, 2.05) is 27.7 Å². The molecule has 0 N–H and O–H groups in total. The predicted molar refractivity (Wildman–Crippen MR) is 93.1 cm³/mol. The van der Waals surface area contributed by atoms with Crippen molar-refractivity contribution in [3.63, 3.8) is 0 Å². The van der Waals surface area contributed by atoms with E-state index in [1.165, 1.54) is 18.0 Å². The van der Waals surface area contributed by atoms with E-state index in [-0.39, 0.29) is 0 Å². The van der Waals surface area contributed by atoms with E-state index in [0.717, 1.165) is 5.69 Å². The van der Waals surface area contributed by atoms with E-state index in [0.29, 0.717) is 11.3 Å². The molecular formula is C17H21BFN3O3. The van der Waals surface area contributed by atoms with Gasteiger partial charge in [0, 0.05) is 11.6 Å². The third-order valence-electron chi connectivity index (χ3n) is 4.64. The van der Waals surface area contributed by atoms with Crippen LogP contribution in [0.15, 0.2) is 36.3 Å². The van der Waals surface area contributed by atoms with Crippen molar-refractivity contribution in [2.24, 2.45) is 0 Å². The zero-order valence-corrected chi connectivity index (χ0v) is 15.0. The van der Waals surface area contributed by atoms with Gasteiger partial charge in [0.05, 0.1) is 36.4 Å². The van der Waals surface area contributed by atoms with E-state index in [4.69, 9.17) is 14.0 Å². The average Bonchev–Trinajstić information content (AvgIpc) is 3.14. The summed E-state index contributed by atoms with van der Waals surface area (Å²) in [6, 6.07) is 5.26. The first kappa shape index (κ1) is 17.6. The van der Waals surface area contributed by atoms with Crippen molar-refractivity contribution in [2.75, 3.05) is 7.11 Å². The van der Waals surface area contributed by atoms with Crippen LogP contribution in [0.4, 0.5) is 4.39 Å². The van der Waals surface area contributed by atoms with Gasteiger partial charge in [0.15, 0.2) is 0 Å². The van der Waals surface area contributed by atoms with Gasteiger partial charge in [-0.1, -0.05) is 0 Å². The summed E-state index contributed by atoms with van der Waals surface area (Å²) in [6.07, 6.45) is 4.53. The molecule has 1 aliphatic heterocycles. The van der Waals surface area contributed by atoms with Crippen LogP contribution in [0.2, 0.25) is 0 Å². The number of halogens is 1. The van der Waals surface area contributed by atoms with Crippen molar-refractivity contribution in [1.29, 1.82) is 0 Å². The van der Waals surface area contributed by atoms with Crippen LogP contribution in [0.1, 0.15) is 33.3 Å². The third-order valence-corrected chi connectivity index (χ3v) is 4.64. The smallest absolute Gasteiger partial charge is 0.496 e. The van der Waals surface area contributed by atoms with Gasteiger partial charge in [0.2, 0.25) is 0 Å². The minimum absolute atomic E-state index is 0.501. The highest BCUT2D eigenvalue weighted by Crippen LogP contribution is 2.39. The predicted octanol–water partition coefficient (Wildman–Crippen LogP) is 3.22. The minimum atomic E-state index is -1.04. The Hall–Kier alpha value is -2.19. The first-order chi connectivity index (χ1) is 11.7. The van der Waals surface area contributed by atoms with Crippen molar-refractivity contribution < 1.29 is 18.4 Å². The molecule has 1 aromatic carbocycles. The number of hydrogen-bond acceptors (Lipinski definition) is 5. The molecule has 25 heavy (non-hydrogen) atoms. The number of methoxy groups -OCH3 is 1. The molecule has 0 bridgehead atoms. The molecule has 0 aliphatic carbocycles. The van der Waals surface area contributed by atoms with Crippen LogP contribution in [0.3, 0.4) is 0 Å². The van der Waals surface area contributed by atoms with Crippen LogP contribution in [0, 0.1) is 0 Å². The first-order valence-corrected chi connectivity index (χ1v) is 8.01. The summed E-state index contributed by atoms with van der Waals surface area (Å²) in [7, 11) is 0.488. The first-order valence-electron chi connectivity index (χ1n) is 8.01. The van der Waals surface area contributed by atoms with Crippen LogP contribution < -0.4 is 4.74 Å². The van der Waals surface area contributed by atoms with Crippen molar-refractivity contribution in [3.8, 4) is 11.4 Å². The number of aromatic nitrogens is 3. The molecule has 0 radical (unpaired) electrons. The number of nitrogens with zero attached hydrogens (tertiary/aromatic N) is 3. The summed E-state index contributed by atoms with van der Waals surface area (Å²) in [6.45, 7) is 7.53. The fourth-order valence-electron chi connectivity index (χ4n) is 2.46. The maximum Gasteiger partial charge on any atom is 0.525 e. The zero-order valence-electron chi connectivity index (χ0n) is 15.0. The fourth-order valence-corrected chi connectivity index (χ4v) is 2.46. The van der Waals surface area contributed by atoms with Gasteiger partial charge < -0.3 is 14.0 Å². The monoisotopic (exact) mass is 345 g/mol. The third kappa shape index (κ3) is 3.32. The highest BCUT2D eigenvalue weighted by molar-refractivity contribution is 6.54. The topological polar surface area (TPSA) is 58.4 Å². The summed E-state index contributed by atoms with van der Waals surface area (Å²) >= 11 is 0. The van der Waals surface area contributed by atoms with E-state index in [1.54, 1.807) is 30.6 Å². The van der Waals surface area contributed by atoms with E-state index in [2.05, 4.69) is 10.2 Å². The van der Waals surface area contributed by atoms with E-state index in [9.17, 15) is 4.39 Å². The van der Waals surface area contributed by atoms with Crippen molar-refractivity contribution in [2.45, 2.75) is 38.9 Å². The standard InChI is InChI=1S/C17H21BFN3O3/c1-16(2)17(3,4)25-18(24-16)15(19)10-12-6-7-13(11-14(12)23-5)22-20-8-9-21-22/h6-11H,1-5H3. The van der Waals surface area contributed by atoms with Crippen LogP contribution in [-0.2, 0) is 9.31 Å². The summed E-state index contributed by atoms with van der Waals surface area (Å²) in [5.74, 6) is 0.501. The Labute approximate surface area is 146 Å². The molecule has 3 rings (SSSR count). The molecule has 1 aromatic heterocycles. The Morgan fingerprint density at radius 3 is 2.32 bits per heavy atom. The van der Waals surface area contributed by atoms with Gasteiger partial charge in [0.1, 0.15) is 11.5 Å². The minimum Gasteiger partial charge on any atom is -0.496 e. The average molecular weight is 345 g/mol. The van der Waals surface area contributed by atoms with Gasteiger partial charge in [-0.25, -0.2) is 4.39 Å². The lowest BCUT2D eigenvalue weighted by Crippen LogP contribution is -2.41. The van der Waals surface area contributed by atoms with E-state index >= 15 is 0 Å². The Morgan fingerprint density at radius 1 is 1.16 bits per heavy atom. The second kappa shape index (κ2) is 6.27. The molecule has 0 unspecified atom stereocenters. The lowest BCUT2D eigenvalue weighted by atomic mass is 9.86. The normalized spacial score (nSPS) is 19.3. The van der Waals surface area contributed by atoms with Gasteiger partial charge in [0.25, 0.3) is 0 Å². The van der Waals surface area contributed by atoms with Gasteiger partial charge in [-0.2, -0.15) is 15.0 Å². The molecule has 6 nitrogen and oxygen atoms in total. The Balaban J connectivity index is 1.88. The molecule has 1 fully saturated rings. The van der Waals surface area contributed by atoms with Crippen molar-refractivity contribution >= 4 is 13.2 Å². The van der Waals surface area contributed by atoms with Gasteiger partial charge >= 0.3 is 7.12 Å². The van der Waals surface area contributed by atoms with Crippen LogP contribution in [-0.4, -0.2) is 40.4 Å². The molecule has 132 valence electrons. The summed E-state index contributed by atoms with van der Waals surface area (Å²) in [5.41, 5.74) is -0.409. The number of ether oxygens (including phenoxy) is 1. The van der Waals surface area contributed by atoms with Crippen LogP contribution in [0.25, 0.3) is 11.8 Å².